The largest absolute Gasteiger partial charge is 0.387 e. The number of amidine groups is 1. The number of hydrazone groups is 1. The highest BCUT2D eigenvalue weighted by Crippen LogP contribution is 2.41. The second-order valence-corrected chi connectivity index (χ2v) is 10.2. The van der Waals surface area contributed by atoms with Crippen LogP contribution in [-0.2, 0) is 0 Å². The fourth-order valence-electron chi connectivity index (χ4n) is 5.10. The fraction of sp³-hybridized carbons (Fsp3) is 0.414. The molecule has 0 fully saturated rings. The number of unbranched alkanes of at least 4 members (excludes halogenated alkanes) is 1. The number of fused-ring (bicyclic) bond motifs is 1. The van der Waals surface area contributed by atoms with E-state index >= 15 is 0 Å². The highest BCUT2D eigenvalue weighted by molar-refractivity contribution is 5.81. The van der Waals surface area contributed by atoms with Crippen LogP contribution in [0.1, 0.15) is 68.9 Å². The maximum atomic E-state index is 11.3. The van der Waals surface area contributed by atoms with Crippen molar-refractivity contribution in [2.75, 3.05) is 4.90 Å². The summed E-state index contributed by atoms with van der Waals surface area (Å²) in [4.78, 5) is 12.7. The molecular formula is C29H39N7O. The topological polar surface area (TPSA) is 126 Å². The van der Waals surface area contributed by atoms with E-state index in [2.05, 4.69) is 91.7 Å². The number of nitrogens with one attached hydrogen (secondary N) is 1. The molecule has 2 heterocycles. The number of benzene rings is 2. The summed E-state index contributed by atoms with van der Waals surface area (Å²) >= 11 is 0. The summed E-state index contributed by atoms with van der Waals surface area (Å²) in [6.07, 6.45) is 3.40. The summed E-state index contributed by atoms with van der Waals surface area (Å²) in [7, 11) is 0. The van der Waals surface area contributed by atoms with Gasteiger partial charge in [-0.1, -0.05) is 66.1 Å². The Kier molecular flexibility index (Phi) is 8.41. The molecule has 2 atom stereocenters. The molecular weight excluding hydrogens is 462 g/mol. The Morgan fingerprint density at radius 2 is 1.57 bits per heavy atom. The predicted octanol–water partition coefficient (Wildman–Crippen LogP) is 4.74. The lowest BCUT2D eigenvalue weighted by molar-refractivity contribution is 0.139. The molecule has 1 aromatic heterocycles. The minimum absolute atomic E-state index is 0.150. The predicted molar refractivity (Wildman–Crippen MR) is 151 cm³/mol. The zero-order valence-electron chi connectivity index (χ0n) is 22.3. The van der Waals surface area contributed by atoms with Crippen LogP contribution in [0.2, 0.25) is 0 Å². The zero-order valence-corrected chi connectivity index (χ0v) is 22.3. The highest BCUT2D eigenvalue weighted by atomic mass is 16.3. The van der Waals surface area contributed by atoms with E-state index in [1.807, 2.05) is 0 Å². The van der Waals surface area contributed by atoms with Crippen LogP contribution in [0, 0.1) is 13.8 Å². The number of aryl methyl sites for hydroxylation is 2. The highest BCUT2D eigenvalue weighted by Gasteiger charge is 2.36. The smallest absolute Gasteiger partial charge is 0.154 e. The van der Waals surface area contributed by atoms with Gasteiger partial charge in [0, 0.05) is 29.6 Å². The van der Waals surface area contributed by atoms with Crippen LogP contribution in [0.15, 0.2) is 53.6 Å². The van der Waals surface area contributed by atoms with Crippen molar-refractivity contribution in [3.05, 3.63) is 65.4 Å². The number of anilines is 1. The van der Waals surface area contributed by atoms with E-state index in [9.17, 15) is 5.11 Å². The van der Waals surface area contributed by atoms with Gasteiger partial charge in [-0.05, 0) is 47.0 Å². The van der Waals surface area contributed by atoms with Gasteiger partial charge >= 0.3 is 0 Å². The quantitative estimate of drug-likeness (QED) is 0.115. The van der Waals surface area contributed by atoms with E-state index < -0.39 is 6.10 Å². The molecule has 0 radical (unpaired) electrons. The first-order chi connectivity index (χ1) is 17.8. The lowest BCUT2D eigenvalue weighted by Gasteiger charge is -2.42. The molecule has 37 heavy (non-hydrogen) atoms. The number of aromatic nitrogens is 2. The number of nitrogens with two attached hydrogens (primary N) is 2. The van der Waals surface area contributed by atoms with Gasteiger partial charge in [0.25, 0.3) is 0 Å². The zero-order chi connectivity index (χ0) is 26.5. The number of hydrogen-bond acceptors (Lipinski definition) is 7. The summed E-state index contributed by atoms with van der Waals surface area (Å²) in [5.74, 6) is 12.2. The van der Waals surface area contributed by atoms with E-state index in [1.54, 1.807) is 0 Å². The van der Waals surface area contributed by atoms with Crippen molar-refractivity contribution in [1.29, 1.82) is 0 Å². The maximum absolute atomic E-state index is 11.3. The summed E-state index contributed by atoms with van der Waals surface area (Å²) in [6, 6.07) is 17.1. The number of hydrogen-bond donors (Lipinski definition) is 4. The molecule has 8 heteroatoms. The van der Waals surface area contributed by atoms with E-state index in [1.165, 1.54) is 11.1 Å². The van der Waals surface area contributed by atoms with Crippen molar-refractivity contribution in [2.45, 2.75) is 78.0 Å². The van der Waals surface area contributed by atoms with Gasteiger partial charge in [-0.3, -0.25) is 0 Å². The van der Waals surface area contributed by atoms with Crippen LogP contribution in [0.3, 0.4) is 0 Å². The molecule has 2 aromatic carbocycles. The van der Waals surface area contributed by atoms with Crippen molar-refractivity contribution < 1.29 is 5.11 Å². The van der Waals surface area contributed by atoms with E-state index in [4.69, 9.17) is 21.7 Å². The first kappa shape index (κ1) is 26.6. The maximum Gasteiger partial charge on any atom is 0.154 e. The van der Waals surface area contributed by atoms with Crippen molar-refractivity contribution in [3.63, 3.8) is 0 Å². The molecule has 0 aliphatic carbocycles. The van der Waals surface area contributed by atoms with Gasteiger partial charge in [-0.2, -0.15) is 5.10 Å². The van der Waals surface area contributed by atoms with Crippen molar-refractivity contribution in [3.8, 4) is 22.5 Å². The molecule has 0 amide bonds. The van der Waals surface area contributed by atoms with Gasteiger partial charge in [0.15, 0.2) is 5.82 Å². The third kappa shape index (κ3) is 5.92. The SMILES string of the molecule is Cc1ccc(-c2nc3c(nc2-c2ccc(C)cc2)N(C(C)C)C(CCCC/C(=N/N)NN)CC3O)cc1. The Morgan fingerprint density at radius 3 is 2.08 bits per heavy atom. The Morgan fingerprint density at radius 1 is 1.00 bits per heavy atom. The third-order valence-electron chi connectivity index (χ3n) is 7.08. The fourth-order valence-corrected chi connectivity index (χ4v) is 5.10. The lowest BCUT2D eigenvalue weighted by Crippen LogP contribution is -2.46. The van der Waals surface area contributed by atoms with Crippen LogP contribution in [0.25, 0.3) is 22.5 Å². The van der Waals surface area contributed by atoms with Crippen LogP contribution in [-0.4, -0.2) is 33.0 Å². The van der Waals surface area contributed by atoms with Gasteiger partial charge in [-0.25, -0.2) is 15.8 Å². The Bertz CT molecular complexity index is 1220. The third-order valence-corrected chi connectivity index (χ3v) is 7.08. The Hall–Kier alpha value is -3.49. The van der Waals surface area contributed by atoms with Crippen molar-refractivity contribution in [2.24, 2.45) is 16.8 Å². The standard InChI is InChI=1S/C29H39N7O/c1-18(2)36-23(7-5-6-8-25(34-30)35-31)17-24(37)28-29(36)33-27(22-15-11-20(4)12-16-22)26(32-28)21-13-9-19(3)10-14-21/h9-16,18,23-24,37H,5-8,17,30-31H2,1-4H3,(H,34,35). The van der Waals surface area contributed by atoms with Crippen LogP contribution >= 0.6 is 0 Å². The molecule has 1 aliphatic heterocycles. The van der Waals surface area contributed by atoms with Crippen LogP contribution in [0.4, 0.5) is 5.82 Å². The molecule has 3 aromatic rings. The summed E-state index contributed by atoms with van der Waals surface area (Å²) in [5.41, 5.74) is 9.21. The first-order valence-corrected chi connectivity index (χ1v) is 13.1. The molecule has 0 saturated carbocycles. The molecule has 0 spiro atoms. The molecule has 0 bridgehead atoms. The first-order valence-electron chi connectivity index (χ1n) is 13.1. The van der Waals surface area contributed by atoms with Crippen LogP contribution in [0.5, 0.6) is 0 Å². The van der Waals surface area contributed by atoms with Crippen molar-refractivity contribution in [1.82, 2.24) is 15.4 Å². The molecule has 196 valence electrons. The normalized spacial score (nSPS) is 17.7. The van der Waals surface area contributed by atoms with Gasteiger partial charge in [0.05, 0.1) is 11.4 Å². The average molecular weight is 502 g/mol. The van der Waals surface area contributed by atoms with E-state index in [0.717, 1.165) is 47.6 Å². The minimum atomic E-state index is -0.675. The number of hydrazine groups is 1. The average Bonchev–Trinajstić information content (AvgIpc) is 2.89. The summed E-state index contributed by atoms with van der Waals surface area (Å²) in [5, 5.41) is 14.9. The second kappa shape index (κ2) is 11.7. The number of nitrogens with zero attached hydrogens (tertiary/aromatic N) is 4. The molecule has 4 rings (SSSR count). The van der Waals surface area contributed by atoms with Gasteiger partial charge in [0.1, 0.15) is 17.6 Å². The van der Waals surface area contributed by atoms with Gasteiger partial charge in [0.2, 0.25) is 0 Å². The van der Waals surface area contributed by atoms with E-state index in [-0.39, 0.29) is 12.1 Å². The Labute approximate surface area is 219 Å². The lowest BCUT2D eigenvalue weighted by atomic mass is 9.92. The minimum Gasteiger partial charge on any atom is -0.387 e. The molecule has 1 aliphatic rings. The van der Waals surface area contributed by atoms with Gasteiger partial charge in [-0.15, -0.1) is 0 Å². The molecule has 2 unspecified atom stereocenters. The number of aliphatic hydroxyl groups is 1. The van der Waals surface area contributed by atoms with Gasteiger partial charge < -0.3 is 21.3 Å². The number of rotatable bonds is 8. The second-order valence-electron chi connectivity index (χ2n) is 10.2. The summed E-state index contributed by atoms with van der Waals surface area (Å²) in [6.45, 7) is 8.50. The Balaban J connectivity index is 1.74. The molecule has 0 saturated heterocycles. The number of aliphatic hydroxyl groups excluding tert-OH is 1. The molecule has 8 nitrogen and oxygen atoms in total. The van der Waals surface area contributed by atoms with E-state index in [0.29, 0.717) is 24.4 Å². The summed E-state index contributed by atoms with van der Waals surface area (Å²) < 4.78 is 0. The molecule has 6 N–H and O–H groups in total. The monoisotopic (exact) mass is 501 g/mol. The van der Waals surface area contributed by atoms with Crippen LogP contribution < -0.4 is 22.0 Å². The van der Waals surface area contributed by atoms with Crippen molar-refractivity contribution >= 4 is 11.7 Å².